The first kappa shape index (κ1) is 8.71. The first-order valence-electron chi connectivity index (χ1n) is 3.77. The van der Waals surface area contributed by atoms with Gasteiger partial charge in [0.05, 0.1) is 0 Å². The first-order valence-corrected chi connectivity index (χ1v) is 3.77. The summed E-state index contributed by atoms with van der Waals surface area (Å²) >= 11 is 2.10. The van der Waals surface area contributed by atoms with Crippen LogP contribution in [-0.2, 0) is 0 Å². The number of hydrogen-bond acceptors (Lipinski definition) is 1. The Bertz CT molecular complexity index is 245. The molecule has 0 atom stereocenters. The van der Waals surface area contributed by atoms with E-state index in [0.717, 1.165) is 5.75 Å². The molecular weight excluding hydrogens is 131 g/mol. The van der Waals surface area contributed by atoms with Crippen LogP contribution in [0.1, 0.15) is 11.1 Å². The summed E-state index contributed by atoms with van der Waals surface area (Å²) in [6, 6.07) is 4.26. The Hall–Kier alpha value is -0.383. The van der Waals surface area contributed by atoms with Crippen LogP contribution in [0.4, 0.5) is 0 Å². The Kier molecular flexibility index (Phi) is 2.65. The molecule has 1 aromatic rings. The van der Waals surface area contributed by atoms with Gasteiger partial charge in [0.15, 0.2) is 0 Å². The van der Waals surface area contributed by atoms with Gasteiger partial charge in [-0.15, -0.1) is 0 Å². The average molecular weight is 142 g/mol. The van der Waals surface area contributed by atoms with E-state index in [1.54, 1.807) is 7.11 Å². The van der Waals surface area contributed by atoms with E-state index in [1.807, 2.05) is 0 Å². The van der Waals surface area contributed by atoms with Crippen molar-refractivity contribution in [1.29, 1.82) is 0 Å². The quantitative estimate of drug-likeness (QED) is 0.533. The molecule has 1 aromatic carbocycles. The van der Waals surface area contributed by atoms with Crippen LogP contribution in [0.15, 0.2) is 12.1 Å². The van der Waals surface area contributed by atoms with Crippen LogP contribution in [0, 0.1) is 13.8 Å². The Balaban J connectivity index is 3.25. The second-order valence-electron chi connectivity index (χ2n) is 2.93. The number of benzene rings is 1. The maximum atomic E-state index is 5.23. The SMILES string of the molecule is [Li][c]1cc(C)c(OC)c(C)c1. The Morgan fingerprint density at radius 1 is 1.18 bits per heavy atom. The predicted octanol–water partition coefficient (Wildman–Crippen LogP) is 1.11. The summed E-state index contributed by atoms with van der Waals surface area (Å²) in [7, 11) is 1.71. The summed E-state index contributed by atoms with van der Waals surface area (Å²) in [5.41, 5.74) is 2.43. The number of rotatable bonds is 1. The molecule has 0 unspecified atom stereocenters. The zero-order valence-electron chi connectivity index (χ0n) is 7.56. The van der Waals surface area contributed by atoms with Crippen molar-refractivity contribution in [2.45, 2.75) is 13.8 Å². The molecule has 11 heavy (non-hydrogen) atoms. The van der Waals surface area contributed by atoms with E-state index >= 15 is 0 Å². The molecule has 0 bridgehead atoms. The molecular formula is C9H11LiO. The molecule has 0 saturated carbocycles. The van der Waals surface area contributed by atoms with Crippen molar-refractivity contribution in [3.63, 3.8) is 0 Å². The summed E-state index contributed by atoms with van der Waals surface area (Å²) in [6.07, 6.45) is 0. The fourth-order valence-corrected chi connectivity index (χ4v) is 1.49. The number of aryl methyl sites for hydroxylation is 2. The Morgan fingerprint density at radius 2 is 1.64 bits per heavy atom. The molecule has 1 rings (SSSR count). The van der Waals surface area contributed by atoms with E-state index in [2.05, 4.69) is 43.7 Å². The molecule has 0 amide bonds. The van der Waals surface area contributed by atoms with Crippen molar-refractivity contribution >= 4 is 22.0 Å². The second kappa shape index (κ2) is 3.34. The summed E-state index contributed by atoms with van der Waals surface area (Å²) in [6.45, 7) is 4.14. The Labute approximate surface area is 77.0 Å². The average Bonchev–Trinajstić information content (AvgIpc) is 1.85. The van der Waals surface area contributed by atoms with Gasteiger partial charge in [-0.25, -0.2) is 0 Å². The summed E-state index contributed by atoms with van der Waals surface area (Å²) < 4.78 is 6.52. The summed E-state index contributed by atoms with van der Waals surface area (Å²) in [5, 5.41) is 0. The van der Waals surface area contributed by atoms with E-state index < -0.39 is 0 Å². The molecule has 54 valence electrons. The third-order valence-corrected chi connectivity index (χ3v) is 1.81. The molecule has 0 heterocycles. The van der Waals surface area contributed by atoms with Gasteiger partial charge < -0.3 is 0 Å². The van der Waals surface area contributed by atoms with Crippen LogP contribution >= 0.6 is 0 Å². The van der Waals surface area contributed by atoms with Gasteiger partial charge in [-0.05, 0) is 0 Å². The molecule has 0 aliphatic rings. The topological polar surface area (TPSA) is 9.23 Å². The standard InChI is InChI=1S/C9H11O.Li/c1-7-5-4-6-8(2)9(7)10-3;/h5-6H,1-3H3;. The second-order valence-corrected chi connectivity index (χ2v) is 2.93. The van der Waals surface area contributed by atoms with Crippen LogP contribution in [0.3, 0.4) is 0 Å². The van der Waals surface area contributed by atoms with Gasteiger partial charge in [-0.3, -0.25) is 0 Å². The van der Waals surface area contributed by atoms with Crippen molar-refractivity contribution in [1.82, 2.24) is 0 Å². The van der Waals surface area contributed by atoms with E-state index in [0.29, 0.717) is 0 Å². The van der Waals surface area contributed by atoms with Crippen LogP contribution in [-0.4, -0.2) is 24.8 Å². The third-order valence-electron chi connectivity index (χ3n) is 1.81. The van der Waals surface area contributed by atoms with Crippen molar-refractivity contribution in [2.75, 3.05) is 7.11 Å². The van der Waals surface area contributed by atoms with Crippen molar-refractivity contribution in [3.8, 4) is 5.75 Å². The normalized spacial score (nSPS) is 9.91. The molecule has 0 aromatic heterocycles. The van der Waals surface area contributed by atoms with Crippen molar-refractivity contribution in [3.05, 3.63) is 23.3 Å². The number of ether oxygens (including phenoxy) is 1. The van der Waals surface area contributed by atoms with E-state index in [-0.39, 0.29) is 0 Å². The minimum atomic E-state index is 1.01. The maximum absolute atomic E-state index is 5.23. The summed E-state index contributed by atoms with van der Waals surface area (Å²) in [4.78, 5) is 0. The van der Waals surface area contributed by atoms with Gasteiger partial charge in [0.1, 0.15) is 0 Å². The van der Waals surface area contributed by atoms with Crippen LogP contribution in [0.25, 0.3) is 0 Å². The number of methoxy groups -OCH3 is 1. The fraction of sp³-hybridized carbons (Fsp3) is 0.333. The fourth-order valence-electron chi connectivity index (χ4n) is 1.49. The molecule has 2 heteroatoms. The van der Waals surface area contributed by atoms with Gasteiger partial charge in [-0.2, -0.15) is 0 Å². The zero-order valence-corrected chi connectivity index (χ0v) is 7.56. The van der Waals surface area contributed by atoms with Gasteiger partial charge in [0, 0.05) is 0 Å². The van der Waals surface area contributed by atoms with Gasteiger partial charge in [0.2, 0.25) is 0 Å². The molecule has 1 nitrogen and oxygen atoms in total. The minimum absolute atomic E-state index is 1.01. The van der Waals surface area contributed by atoms with Crippen LogP contribution in [0.5, 0.6) is 5.75 Å². The molecule has 0 spiro atoms. The Morgan fingerprint density at radius 3 is 2.00 bits per heavy atom. The van der Waals surface area contributed by atoms with Crippen LogP contribution < -0.4 is 8.97 Å². The molecule has 0 aliphatic carbocycles. The number of hydrogen-bond donors (Lipinski definition) is 0. The van der Waals surface area contributed by atoms with Crippen LogP contribution in [0.2, 0.25) is 0 Å². The molecule has 0 saturated heterocycles. The van der Waals surface area contributed by atoms with E-state index in [1.165, 1.54) is 15.4 Å². The van der Waals surface area contributed by atoms with Gasteiger partial charge in [-0.1, -0.05) is 0 Å². The molecule has 0 N–H and O–H groups in total. The van der Waals surface area contributed by atoms with Crippen molar-refractivity contribution < 1.29 is 4.74 Å². The first-order chi connectivity index (χ1) is 5.15. The van der Waals surface area contributed by atoms with Gasteiger partial charge in [0.25, 0.3) is 0 Å². The van der Waals surface area contributed by atoms with Gasteiger partial charge >= 0.3 is 76.7 Å². The zero-order chi connectivity index (χ0) is 8.43. The summed E-state index contributed by atoms with van der Waals surface area (Å²) in [5.74, 6) is 1.01. The molecule has 0 radical (unpaired) electrons. The van der Waals surface area contributed by atoms with E-state index in [4.69, 9.17) is 4.74 Å². The van der Waals surface area contributed by atoms with Crippen molar-refractivity contribution in [2.24, 2.45) is 0 Å². The molecule has 0 fully saturated rings. The monoisotopic (exact) mass is 142 g/mol. The van der Waals surface area contributed by atoms with E-state index in [9.17, 15) is 0 Å². The third kappa shape index (κ3) is 1.80. The molecule has 0 aliphatic heterocycles. The predicted molar refractivity (Wildman–Crippen MR) is 47.9 cm³/mol.